The normalized spacial score (nSPS) is 18.9. The van der Waals surface area contributed by atoms with Gasteiger partial charge in [0.2, 0.25) is 5.91 Å². The van der Waals surface area contributed by atoms with Crippen molar-refractivity contribution in [3.05, 3.63) is 66.0 Å². The smallest absolute Gasteiger partial charge is 0.321 e. The van der Waals surface area contributed by atoms with Crippen LogP contribution >= 0.6 is 0 Å². The summed E-state index contributed by atoms with van der Waals surface area (Å²) in [6, 6.07) is 15.8. The number of anilines is 1. The van der Waals surface area contributed by atoms with E-state index in [0.717, 1.165) is 36.9 Å². The Labute approximate surface area is 170 Å². The number of likely N-dealkylation sites (tertiary alicyclic amines) is 1. The van der Waals surface area contributed by atoms with Gasteiger partial charge < -0.3 is 15.1 Å². The minimum absolute atomic E-state index is 0.106. The van der Waals surface area contributed by atoms with Gasteiger partial charge in [-0.2, -0.15) is 0 Å². The van der Waals surface area contributed by atoms with Crippen LogP contribution in [0.5, 0.6) is 0 Å². The maximum absolute atomic E-state index is 13.3. The lowest BCUT2D eigenvalue weighted by Crippen LogP contribution is -2.48. The second kappa shape index (κ2) is 8.64. The first-order valence-electron chi connectivity index (χ1n) is 10.3. The van der Waals surface area contributed by atoms with Crippen LogP contribution in [-0.4, -0.2) is 40.9 Å². The van der Waals surface area contributed by atoms with Crippen molar-refractivity contribution in [2.45, 2.75) is 38.3 Å². The van der Waals surface area contributed by atoms with Crippen molar-refractivity contribution in [3.63, 3.8) is 0 Å². The molecule has 0 aromatic heterocycles. The Morgan fingerprint density at radius 2 is 1.76 bits per heavy atom. The van der Waals surface area contributed by atoms with Crippen LogP contribution in [0.25, 0.3) is 0 Å². The number of benzene rings is 2. The number of carbonyl (C=O) groups excluding carboxylic acids is 2. The highest BCUT2D eigenvalue weighted by molar-refractivity contribution is 5.90. The number of halogens is 1. The van der Waals surface area contributed by atoms with Gasteiger partial charge >= 0.3 is 6.03 Å². The Hall–Kier alpha value is -2.89. The summed E-state index contributed by atoms with van der Waals surface area (Å²) in [6.07, 6.45) is 3.63. The van der Waals surface area contributed by atoms with E-state index in [1.165, 1.54) is 12.1 Å². The van der Waals surface area contributed by atoms with Gasteiger partial charge in [-0.3, -0.25) is 4.79 Å². The van der Waals surface area contributed by atoms with Crippen molar-refractivity contribution in [1.82, 2.24) is 9.80 Å². The average Bonchev–Trinajstić information content (AvgIpc) is 3.59. The lowest BCUT2D eigenvalue weighted by molar-refractivity contribution is -0.138. The van der Waals surface area contributed by atoms with Crippen molar-refractivity contribution in [3.8, 4) is 0 Å². The molecule has 1 aliphatic carbocycles. The number of carbonyl (C=O) groups is 2. The van der Waals surface area contributed by atoms with Crippen LogP contribution in [0.4, 0.5) is 14.9 Å². The molecule has 6 heteroatoms. The molecule has 1 saturated carbocycles. The van der Waals surface area contributed by atoms with Crippen LogP contribution in [0.2, 0.25) is 0 Å². The Morgan fingerprint density at radius 1 is 1.03 bits per heavy atom. The van der Waals surface area contributed by atoms with Crippen LogP contribution < -0.4 is 5.32 Å². The molecule has 29 heavy (non-hydrogen) atoms. The summed E-state index contributed by atoms with van der Waals surface area (Å²) in [5.41, 5.74) is 1.68. The van der Waals surface area contributed by atoms with Crippen molar-refractivity contribution in [2.24, 2.45) is 5.92 Å². The maximum Gasteiger partial charge on any atom is 0.321 e. The number of nitrogens with one attached hydrogen (secondary N) is 1. The number of urea groups is 1. The minimum atomic E-state index is -0.273. The van der Waals surface area contributed by atoms with E-state index < -0.39 is 0 Å². The molecule has 1 atom stereocenters. The molecule has 4 rings (SSSR count). The Balaban J connectivity index is 1.40. The molecule has 1 heterocycles. The van der Waals surface area contributed by atoms with E-state index in [2.05, 4.69) is 5.32 Å². The van der Waals surface area contributed by atoms with E-state index in [-0.39, 0.29) is 29.7 Å². The number of piperidine rings is 1. The molecule has 3 amide bonds. The van der Waals surface area contributed by atoms with Crippen molar-refractivity contribution >= 4 is 17.6 Å². The standard InChI is InChI=1S/C23H26FN3O2/c24-19-10-8-17(9-11-19)15-27(21-12-13-21)22(28)18-5-4-14-26(16-18)23(29)25-20-6-2-1-3-7-20/h1-3,6-11,18,21H,4-5,12-16H2,(H,25,29). The summed E-state index contributed by atoms with van der Waals surface area (Å²) in [4.78, 5) is 29.6. The summed E-state index contributed by atoms with van der Waals surface area (Å²) < 4.78 is 13.2. The fourth-order valence-corrected chi connectivity index (χ4v) is 3.88. The summed E-state index contributed by atoms with van der Waals surface area (Å²) >= 11 is 0. The molecule has 1 unspecified atom stereocenters. The maximum atomic E-state index is 13.3. The molecule has 1 saturated heterocycles. The zero-order valence-electron chi connectivity index (χ0n) is 16.4. The van der Waals surface area contributed by atoms with E-state index in [9.17, 15) is 14.0 Å². The molecule has 2 fully saturated rings. The van der Waals surface area contributed by atoms with E-state index in [0.29, 0.717) is 19.6 Å². The molecule has 2 aromatic rings. The first kappa shape index (κ1) is 19.4. The third kappa shape index (κ3) is 4.94. The van der Waals surface area contributed by atoms with E-state index in [4.69, 9.17) is 0 Å². The van der Waals surface area contributed by atoms with Gasteiger partial charge in [0.1, 0.15) is 5.82 Å². The minimum Gasteiger partial charge on any atom is -0.335 e. The van der Waals surface area contributed by atoms with E-state index >= 15 is 0 Å². The van der Waals surface area contributed by atoms with Crippen molar-refractivity contribution in [1.29, 1.82) is 0 Å². The number of para-hydroxylation sites is 1. The lowest BCUT2D eigenvalue weighted by atomic mass is 9.96. The van der Waals surface area contributed by atoms with Gasteiger partial charge in [-0.05, 0) is 55.5 Å². The molecular weight excluding hydrogens is 369 g/mol. The van der Waals surface area contributed by atoms with Crippen LogP contribution in [0.15, 0.2) is 54.6 Å². The van der Waals surface area contributed by atoms with E-state index in [1.54, 1.807) is 17.0 Å². The van der Waals surface area contributed by atoms with Crippen LogP contribution in [0.1, 0.15) is 31.2 Å². The zero-order valence-corrected chi connectivity index (χ0v) is 16.4. The van der Waals surface area contributed by atoms with Gasteiger partial charge in [-0.1, -0.05) is 30.3 Å². The third-order valence-electron chi connectivity index (χ3n) is 5.62. The average molecular weight is 395 g/mol. The Morgan fingerprint density at radius 3 is 2.45 bits per heavy atom. The number of nitrogens with zero attached hydrogens (tertiary/aromatic N) is 2. The first-order valence-corrected chi connectivity index (χ1v) is 10.3. The largest absolute Gasteiger partial charge is 0.335 e. The third-order valence-corrected chi connectivity index (χ3v) is 5.62. The molecule has 0 spiro atoms. The predicted octanol–water partition coefficient (Wildman–Crippen LogP) is 4.26. The van der Waals surface area contributed by atoms with Crippen molar-refractivity contribution in [2.75, 3.05) is 18.4 Å². The molecular formula is C23H26FN3O2. The number of amides is 3. The fraction of sp³-hybridized carbons (Fsp3) is 0.391. The molecule has 1 N–H and O–H groups in total. The SMILES string of the molecule is O=C(Nc1ccccc1)N1CCCC(C(=O)N(Cc2ccc(F)cc2)C2CC2)C1. The molecule has 1 aliphatic heterocycles. The quantitative estimate of drug-likeness (QED) is 0.822. The second-order valence-corrected chi connectivity index (χ2v) is 7.91. The number of hydrogen-bond acceptors (Lipinski definition) is 2. The summed E-state index contributed by atoms with van der Waals surface area (Å²) in [5.74, 6) is -0.356. The van der Waals surface area contributed by atoms with Gasteiger partial charge in [0.15, 0.2) is 0 Å². The van der Waals surface area contributed by atoms with Crippen LogP contribution in [0.3, 0.4) is 0 Å². The van der Waals surface area contributed by atoms with Gasteiger partial charge in [0, 0.05) is 31.4 Å². The summed E-state index contributed by atoms with van der Waals surface area (Å²) in [7, 11) is 0. The summed E-state index contributed by atoms with van der Waals surface area (Å²) in [5, 5.41) is 2.91. The highest BCUT2D eigenvalue weighted by Gasteiger charge is 2.38. The Kier molecular flexibility index (Phi) is 5.79. The monoisotopic (exact) mass is 395 g/mol. The topological polar surface area (TPSA) is 52.7 Å². The molecule has 5 nitrogen and oxygen atoms in total. The number of hydrogen-bond donors (Lipinski definition) is 1. The van der Waals surface area contributed by atoms with Gasteiger partial charge in [-0.15, -0.1) is 0 Å². The fourth-order valence-electron chi connectivity index (χ4n) is 3.88. The lowest BCUT2D eigenvalue weighted by Gasteiger charge is -2.35. The molecule has 152 valence electrons. The highest BCUT2D eigenvalue weighted by atomic mass is 19.1. The van der Waals surface area contributed by atoms with E-state index in [1.807, 2.05) is 35.2 Å². The zero-order chi connectivity index (χ0) is 20.2. The van der Waals surface area contributed by atoms with Gasteiger partial charge in [-0.25, -0.2) is 9.18 Å². The highest BCUT2D eigenvalue weighted by Crippen LogP contribution is 2.31. The van der Waals surface area contributed by atoms with Crippen molar-refractivity contribution < 1.29 is 14.0 Å². The van der Waals surface area contributed by atoms with Crippen LogP contribution in [-0.2, 0) is 11.3 Å². The molecule has 2 aliphatic rings. The summed E-state index contributed by atoms with van der Waals surface area (Å²) in [6.45, 7) is 1.59. The first-order chi connectivity index (χ1) is 14.1. The second-order valence-electron chi connectivity index (χ2n) is 7.91. The Bertz CT molecular complexity index is 852. The molecule has 0 bridgehead atoms. The number of rotatable bonds is 5. The molecule has 0 radical (unpaired) electrons. The predicted molar refractivity (Wildman–Crippen MR) is 110 cm³/mol. The van der Waals surface area contributed by atoms with Crippen LogP contribution in [0, 0.1) is 11.7 Å². The molecule has 2 aromatic carbocycles. The van der Waals surface area contributed by atoms with Gasteiger partial charge in [0.05, 0.1) is 5.92 Å². The van der Waals surface area contributed by atoms with Gasteiger partial charge in [0.25, 0.3) is 0 Å².